The Morgan fingerprint density at radius 1 is 1.25 bits per heavy atom. The summed E-state index contributed by atoms with van der Waals surface area (Å²) < 4.78 is 22.5. The summed E-state index contributed by atoms with van der Waals surface area (Å²) >= 11 is 2.38. The molecule has 3 aliphatic rings. The maximum Gasteiger partial charge on any atom is 0.129 e. The van der Waals surface area contributed by atoms with Crippen LogP contribution in [0.2, 0.25) is 0 Å². The lowest BCUT2D eigenvalue weighted by molar-refractivity contribution is -0.122. The van der Waals surface area contributed by atoms with Crippen LogP contribution in [0.25, 0.3) is 0 Å². The molecular formula is C13H24FIN4O. The monoisotopic (exact) mass is 398 g/mol. The van der Waals surface area contributed by atoms with Crippen LogP contribution in [-0.4, -0.2) is 77.7 Å². The van der Waals surface area contributed by atoms with Crippen LogP contribution in [-0.2, 0) is 4.74 Å². The minimum Gasteiger partial charge on any atom is -0.372 e. The van der Waals surface area contributed by atoms with E-state index in [9.17, 15) is 4.39 Å². The number of likely N-dealkylation sites (tertiary alicyclic amines) is 1. The van der Waals surface area contributed by atoms with E-state index in [-0.39, 0.29) is 17.7 Å². The Labute approximate surface area is 133 Å². The van der Waals surface area contributed by atoms with E-state index >= 15 is 0 Å². The Kier molecular flexibility index (Phi) is 4.83. The summed E-state index contributed by atoms with van der Waals surface area (Å²) in [7, 11) is 0. The molecule has 3 heterocycles. The van der Waals surface area contributed by atoms with E-state index < -0.39 is 6.17 Å². The highest BCUT2D eigenvalue weighted by Gasteiger charge is 2.43. The summed E-state index contributed by atoms with van der Waals surface area (Å²) in [5.74, 6) is 0. The molecule has 0 bridgehead atoms. The standard InChI is InChI=1S/C13H24FIN4O/c14-10-7-17-8-11(16)12(10)18-3-1-13(2-4-18)9-19(15)5-6-20-13/h10-12,17H,1-9,16H2. The topological polar surface area (TPSA) is 53.8 Å². The van der Waals surface area contributed by atoms with Gasteiger partial charge in [-0.25, -0.2) is 7.50 Å². The van der Waals surface area contributed by atoms with E-state index in [1.54, 1.807) is 0 Å². The lowest BCUT2D eigenvalue weighted by Gasteiger charge is -2.49. The number of nitrogens with two attached hydrogens (primary N) is 1. The fourth-order valence-corrected chi connectivity index (χ4v) is 4.55. The molecule has 3 atom stereocenters. The lowest BCUT2D eigenvalue weighted by Crippen LogP contribution is -2.65. The number of alkyl halides is 1. The molecule has 3 unspecified atom stereocenters. The van der Waals surface area contributed by atoms with E-state index in [1.807, 2.05) is 0 Å². The predicted octanol–water partition coefficient (Wildman–Crippen LogP) is 0.140. The van der Waals surface area contributed by atoms with Crippen molar-refractivity contribution in [2.24, 2.45) is 5.73 Å². The number of ether oxygens (including phenoxy) is 1. The number of nitrogens with one attached hydrogen (secondary N) is 1. The average Bonchev–Trinajstić information content (AvgIpc) is 2.41. The SMILES string of the molecule is NC1CNCC(F)C1N1CCC2(CC1)CN(I)CCO2. The van der Waals surface area contributed by atoms with Crippen molar-refractivity contribution in [2.75, 3.05) is 45.9 Å². The molecule has 3 N–H and O–H groups in total. The predicted molar refractivity (Wildman–Crippen MR) is 84.6 cm³/mol. The van der Waals surface area contributed by atoms with Crippen molar-refractivity contribution in [1.82, 2.24) is 13.3 Å². The van der Waals surface area contributed by atoms with Crippen molar-refractivity contribution in [2.45, 2.75) is 36.7 Å². The van der Waals surface area contributed by atoms with Crippen LogP contribution in [0.3, 0.4) is 0 Å². The number of halogens is 2. The fourth-order valence-electron chi connectivity index (χ4n) is 3.73. The third-order valence-electron chi connectivity index (χ3n) is 4.86. The van der Waals surface area contributed by atoms with Gasteiger partial charge in [0.05, 0.1) is 18.2 Å². The third-order valence-corrected chi connectivity index (χ3v) is 5.68. The molecule has 116 valence electrons. The minimum atomic E-state index is -0.860. The van der Waals surface area contributed by atoms with Gasteiger partial charge in [-0.05, 0) is 12.8 Å². The second kappa shape index (κ2) is 6.29. The van der Waals surface area contributed by atoms with Crippen LogP contribution in [0.1, 0.15) is 12.8 Å². The number of morpholine rings is 1. The maximum absolute atomic E-state index is 14.2. The number of hydrogen-bond acceptors (Lipinski definition) is 5. The molecular weight excluding hydrogens is 374 g/mol. The van der Waals surface area contributed by atoms with Crippen LogP contribution < -0.4 is 11.1 Å². The van der Waals surface area contributed by atoms with Gasteiger partial charge in [-0.2, -0.15) is 0 Å². The Morgan fingerprint density at radius 2 is 2.00 bits per heavy atom. The maximum atomic E-state index is 14.2. The molecule has 3 rings (SSSR count). The van der Waals surface area contributed by atoms with Gasteiger partial charge in [0.1, 0.15) is 6.17 Å². The van der Waals surface area contributed by atoms with E-state index in [0.29, 0.717) is 13.1 Å². The Morgan fingerprint density at radius 3 is 2.65 bits per heavy atom. The summed E-state index contributed by atoms with van der Waals surface area (Å²) in [4.78, 5) is 2.25. The van der Waals surface area contributed by atoms with E-state index in [0.717, 1.165) is 45.6 Å². The van der Waals surface area contributed by atoms with Gasteiger partial charge in [0.2, 0.25) is 0 Å². The highest BCUT2D eigenvalue weighted by atomic mass is 127. The van der Waals surface area contributed by atoms with Crippen LogP contribution in [0.5, 0.6) is 0 Å². The van der Waals surface area contributed by atoms with Crippen molar-refractivity contribution < 1.29 is 9.13 Å². The second-order valence-electron chi connectivity index (χ2n) is 6.24. The first-order valence-electron chi connectivity index (χ1n) is 7.49. The van der Waals surface area contributed by atoms with Gasteiger partial charge in [-0.15, -0.1) is 0 Å². The zero-order valence-corrected chi connectivity index (χ0v) is 13.9. The molecule has 0 saturated carbocycles. The molecule has 3 fully saturated rings. The molecule has 5 nitrogen and oxygen atoms in total. The van der Waals surface area contributed by atoms with Gasteiger partial charge < -0.3 is 15.8 Å². The van der Waals surface area contributed by atoms with Crippen LogP contribution in [0, 0.1) is 0 Å². The first-order chi connectivity index (χ1) is 9.60. The fraction of sp³-hybridized carbons (Fsp3) is 1.00. The van der Waals surface area contributed by atoms with Gasteiger partial charge in [0.15, 0.2) is 0 Å². The second-order valence-corrected chi connectivity index (χ2v) is 7.61. The molecule has 0 radical (unpaired) electrons. The van der Waals surface area contributed by atoms with Crippen LogP contribution in [0.15, 0.2) is 0 Å². The first kappa shape index (κ1) is 15.4. The molecule has 20 heavy (non-hydrogen) atoms. The van der Waals surface area contributed by atoms with Crippen LogP contribution in [0.4, 0.5) is 4.39 Å². The molecule has 3 saturated heterocycles. The minimum absolute atomic E-state index is 0.0151. The zero-order chi connectivity index (χ0) is 14.2. The van der Waals surface area contributed by atoms with Gasteiger partial charge in [-0.1, -0.05) is 0 Å². The third kappa shape index (κ3) is 3.12. The lowest BCUT2D eigenvalue weighted by atomic mass is 9.87. The van der Waals surface area contributed by atoms with Gasteiger partial charge in [0, 0.05) is 68.2 Å². The molecule has 0 aromatic carbocycles. The van der Waals surface area contributed by atoms with Gasteiger partial charge >= 0.3 is 0 Å². The van der Waals surface area contributed by atoms with Crippen LogP contribution >= 0.6 is 22.9 Å². The summed E-state index contributed by atoms with van der Waals surface area (Å²) in [5, 5.41) is 3.06. The number of rotatable bonds is 1. The van der Waals surface area contributed by atoms with E-state index in [1.165, 1.54) is 0 Å². The first-order valence-corrected chi connectivity index (χ1v) is 8.45. The molecule has 0 amide bonds. The largest absolute Gasteiger partial charge is 0.372 e. The molecule has 1 spiro atoms. The molecule has 0 aromatic rings. The summed E-state index contributed by atoms with van der Waals surface area (Å²) in [5.41, 5.74) is 6.09. The zero-order valence-electron chi connectivity index (χ0n) is 11.7. The highest BCUT2D eigenvalue weighted by Crippen LogP contribution is 2.33. The number of nitrogens with zero attached hydrogens (tertiary/aromatic N) is 2. The quantitative estimate of drug-likeness (QED) is 0.486. The van der Waals surface area contributed by atoms with Crippen molar-refractivity contribution in [3.63, 3.8) is 0 Å². The summed E-state index contributed by atoms with van der Waals surface area (Å²) in [6.07, 6.45) is 1.10. The van der Waals surface area contributed by atoms with Crippen molar-refractivity contribution in [3.8, 4) is 0 Å². The average molecular weight is 398 g/mol. The van der Waals surface area contributed by atoms with Crippen molar-refractivity contribution in [1.29, 1.82) is 0 Å². The highest BCUT2D eigenvalue weighted by molar-refractivity contribution is 14.1. The van der Waals surface area contributed by atoms with E-state index in [2.05, 4.69) is 36.2 Å². The summed E-state index contributed by atoms with van der Waals surface area (Å²) in [6.45, 7) is 5.72. The molecule has 7 heteroatoms. The van der Waals surface area contributed by atoms with E-state index in [4.69, 9.17) is 10.5 Å². The Hall–Kier alpha value is 0.460. The molecule has 3 aliphatic heterocycles. The number of hydrogen-bond donors (Lipinski definition) is 2. The Balaban J connectivity index is 1.60. The van der Waals surface area contributed by atoms with Crippen molar-refractivity contribution >= 4 is 22.9 Å². The van der Waals surface area contributed by atoms with Gasteiger partial charge in [0.25, 0.3) is 0 Å². The molecule has 0 aromatic heterocycles. The Bertz CT molecular complexity index is 330. The smallest absolute Gasteiger partial charge is 0.129 e. The van der Waals surface area contributed by atoms with Crippen molar-refractivity contribution in [3.05, 3.63) is 0 Å². The summed E-state index contributed by atoms with van der Waals surface area (Å²) in [6, 6.07) is -0.242. The number of piperidine rings is 2. The van der Waals surface area contributed by atoms with Gasteiger partial charge in [-0.3, -0.25) is 4.90 Å². The normalized spacial score (nSPS) is 40.0. The molecule has 0 aliphatic carbocycles.